The minimum atomic E-state index is -0.0639. The van der Waals surface area contributed by atoms with Crippen LogP contribution in [0.5, 0.6) is 0 Å². The van der Waals surface area contributed by atoms with E-state index in [1.165, 1.54) is 16.0 Å². The molecule has 0 fully saturated rings. The average Bonchev–Trinajstić information content (AvgIpc) is 3.20. The van der Waals surface area contributed by atoms with Crippen LogP contribution in [0, 0.1) is 0 Å². The van der Waals surface area contributed by atoms with Gasteiger partial charge in [-0.05, 0) is 37.6 Å². The zero-order valence-electron chi connectivity index (χ0n) is 13.3. The van der Waals surface area contributed by atoms with Crippen molar-refractivity contribution in [3.05, 3.63) is 56.9 Å². The Morgan fingerprint density at radius 2 is 2.04 bits per heavy atom. The van der Waals surface area contributed by atoms with Crippen LogP contribution in [0.25, 0.3) is 20.4 Å². The number of hydrogen-bond acceptors (Lipinski definition) is 6. The predicted molar refractivity (Wildman–Crippen MR) is 99.7 cm³/mol. The topological polar surface area (TPSA) is 61.9 Å². The van der Waals surface area contributed by atoms with E-state index < -0.39 is 0 Å². The fraction of sp³-hybridized carbons (Fsp3) is 0.235. The lowest BCUT2D eigenvalue weighted by molar-refractivity contribution is 0.246. The summed E-state index contributed by atoms with van der Waals surface area (Å²) in [6.07, 6.45) is 0. The Balaban J connectivity index is 1.59. The molecule has 4 rings (SSSR count). The zero-order chi connectivity index (χ0) is 16.7. The minimum Gasteiger partial charge on any atom is -0.308 e. The summed E-state index contributed by atoms with van der Waals surface area (Å²) >= 11 is 3.13. The largest absolute Gasteiger partial charge is 0.308 e. The minimum absolute atomic E-state index is 0.0639. The number of thiophene rings is 1. The average molecular weight is 356 g/mol. The van der Waals surface area contributed by atoms with Crippen molar-refractivity contribution in [1.29, 1.82) is 0 Å². The molecule has 1 unspecified atom stereocenters. The van der Waals surface area contributed by atoms with E-state index in [2.05, 4.69) is 27.9 Å². The van der Waals surface area contributed by atoms with E-state index in [1.807, 2.05) is 36.7 Å². The summed E-state index contributed by atoms with van der Waals surface area (Å²) in [5, 5.41) is 2.96. The van der Waals surface area contributed by atoms with Gasteiger partial charge in [-0.1, -0.05) is 12.1 Å². The van der Waals surface area contributed by atoms with Crippen molar-refractivity contribution in [3.63, 3.8) is 0 Å². The molecule has 7 heteroatoms. The van der Waals surface area contributed by atoms with Crippen LogP contribution >= 0.6 is 22.7 Å². The molecule has 0 aliphatic heterocycles. The normalized spacial score (nSPS) is 13.1. The highest BCUT2D eigenvalue weighted by Crippen LogP contribution is 2.29. The van der Waals surface area contributed by atoms with Crippen LogP contribution in [-0.4, -0.2) is 26.9 Å². The smallest absolute Gasteiger partial charge is 0.268 e. The van der Waals surface area contributed by atoms with Gasteiger partial charge in [0.1, 0.15) is 15.5 Å². The van der Waals surface area contributed by atoms with Crippen LogP contribution < -0.4 is 5.56 Å². The third-order valence-electron chi connectivity index (χ3n) is 4.09. The molecule has 24 heavy (non-hydrogen) atoms. The molecular weight excluding hydrogens is 340 g/mol. The molecule has 4 aromatic rings. The van der Waals surface area contributed by atoms with Gasteiger partial charge in [0, 0.05) is 0 Å². The molecule has 0 saturated heterocycles. The molecule has 0 bridgehead atoms. The van der Waals surface area contributed by atoms with Crippen molar-refractivity contribution < 1.29 is 0 Å². The Hall–Kier alpha value is -2.09. The molecule has 5 nitrogen and oxygen atoms in total. The van der Waals surface area contributed by atoms with Gasteiger partial charge in [-0.3, -0.25) is 9.69 Å². The number of nitrogens with one attached hydrogen (secondary N) is 1. The van der Waals surface area contributed by atoms with E-state index >= 15 is 0 Å². The predicted octanol–water partition coefficient (Wildman–Crippen LogP) is 3.79. The first-order valence-corrected chi connectivity index (χ1v) is 9.33. The number of benzene rings is 1. The Morgan fingerprint density at radius 3 is 2.88 bits per heavy atom. The van der Waals surface area contributed by atoms with Gasteiger partial charge in [0.25, 0.3) is 5.56 Å². The first kappa shape index (κ1) is 15.4. The van der Waals surface area contributed by atoms with E-state index in [0.717, 1.165) is 16.0 Å². The molecule has 0 aliphatic rings. The molecule has 0 aliphatic carbocycles. The highest BCUT2D eigenvalue weighted by atomic mass is 32.1. The van der Waals surface area contributed by atoms with Crippen LogP contribution in [-0.2, 0) is 6.54 Å². The monoisotopic (exact) mass is 356 g/mol. The number of aromatic nitrogens is 3. The second-order valence-electron chi connectivity index (χ2n) is 5.76. The first-order valence-electron chi connectivity index (χ1n) is 7.64. The molecule has 1 atom stereocenters. The molecule has 0 spiro atoms. The maximum absolute atomic E-state index is 12.1. The summed E-state index contributed by atoms with van der Waals surface area (Å²) in [5.41, 5.74) is 1.73. The van der Waals surface area contributed by atoms with Crippen molar-refractivity contribution in [2.24, 2.45) is 0 Å². The van der Waals surface area contributed by atoms with Gasteiger partial charge in [-0.25, -0.2) is 9.97 Å². The van der Waals surface area contributed by atoms with Gasteiger partial charge in [-0.2, -0.15) is 0 Å². The number of H-pyrrole nitrogens is 1. The highest BCUT2D eigenvalue weighted by molar-refractivity contribution is 7.18. The maximum Gasteiger partial charge on any atom is 0.268 e. The molecule has 0 amide bonds. The van der Waals surface area contributed by atoms with Crippen molar-refractivity contribution in [2.75, 3.05) is 7.05 Å². The summed E-state index contributed by atoms with van der Waals surface area (Å²) in [5.74, 6) is 0.682. The van der Waals surface area contributed by atoms with Crippen LogP contribution in [0.3, 0.4) is 0 Å². The molecule has 122 valence electrons. The van der Waals surface area contributed by atoms with Crippen LogP contribution in [0.4, 0.5) is 0 Å². The lowest BCUT2D eigenvalue weighted by Gasteiger charge is -2.22. The second-order valence-corrected chi connectivity index (χ2v) is 7.74. The fourth-order valence-corrected chi connectivity index (χ4v) is 4.44. The Labute approximate surface area is 146 Å². The third-order valence-corrected chi connectivity index (χ3v) is 6.20. The van der Waals surface area contributed by atoms with E-state index in [1.54, 1.807) is 11.3 Å². The highest BCUT2D eigenvalue weighted by Gasteiger charge is 2.17. The molecule has 1 N–H and O–H groups in total. The Morgan fingerprint density at radius 1 is 1.21 bits per heavy atom. The molecule has 0 saturated carbocycles. The number of hydrogen-bond donors (Lipinski definition) is 1. The number of thiazole rings is 1. The quantitative estimate of drug-likeness (QED) is 0.604. The molecule has 1 aromatic carbocycles. The molecule has 3 heterocycles. The van der Waals surface area contributed by atoms with Gasteiger partial charge >= 0.3 is 0 Å². The van der Waals surface area contributed by atoms with Crippen molar-refractivity contribution in [2.45, 2.75) is 19.5 Å². The van der Waals surface area contributed by atoms with Gasteiger partial charge < -0.3 is 4.98 Å². The van der Waals surface area contributed by atoms with Gasteiger partial charge in [0.2, 0.25) is 0 Å². The van der Waals surface area contributed by atoms with Gasteiger partial charge in [0.05, 0.1) is 28.3 Å². The number of rotatable bonds is 4. The van der Waals surface area contributed by atoms with Gasteiger partial charge in [0.15, 0.2) is 0 Å². The van der Waals surface area contributed by atoms with E-state index in [9.17, 15) is 4.79 Å². The second kappa shape index (κ2) is 6.08. The summed E-state index contributed by atoms with van der Waals surface area (Å²) in [4.78, 5) is 26.4. The van der Waals surface area contributed by atoms with Crippen molar-refractivity contribution in [1.82, 2.24) is 19.9 Å². The van der Waals surface area contributed by atoms with Crippen LogP contribution in [0.1, 0.15) is 23.8 Å². The lowest BCUT2D eigenvalue weighted by atomic mass is 10.3. The third kappa shape index (κ3) is 2.75. The summed E-state index contributed by atoms with van der Waals surface area (Å²) in [6, 6.07) is 10.2. The first-order chi connectivity index (χ1) is 11.6. The Bertz CT molecular complexity index is 1030. The van der Waals surface area contributed by atoms with Crippen LogP contribution in [0.2, 0.25) is 0 Å². The van der Waals surface area contributed by atoms with Crippen molar-refractivity contribution in [3.8, 4) is 0 Å². The maximum atomic E-state index is 12.1. The molecular formula is C17H16N4OS2. The van der Waals surface area contributed by atoms with Crippen molar-refractivity contribution >= 4 is 43.1 Å². The van der Waals surface area contributed by atoms with E-state index in [4.69, 9.17) is 4.98 Å². The standard InChI is InChI=1S/C17H16N4OS2/c1-10(17-19-11-5-3-4-6-13(11)24-17)21(2)9-14-18-12-7-8-23-15(12)16(22)20-14/h3-8,10H,9H2,1-2H3,(H,18,20,22). The zero-order valence-corrected chi connectivity index (χ0v) is 14.9. The number of fused-ring (bicyclic) bond motifs is 2. The summed E-state index contributed by atoms with van der Waals surface area (Å²) in [7, 11) is 2.02. The number of para-hydroxylation sites is 1. The number of aromatic amines is 1. The summed E-state index contributed by atoms with van der Waals surface area (Å²) < 4.78 is 1.87. The van der Waals surface area contributed by atoms with E-state index in [0.29, 0.717) is 17.1 Å². The number of nitrogens with zero attached hydrogens (tertiary/aromatic N) is 3. The van der Waals surface area contributed by atoms with E-state index in [-0.39, 0.29) is 11.6 Å². The van der Waals surface area contributed by atoms with Gasteiger partial charge in [-0.15, -0.1) is 22.7 Å². The summed E-state index contributed by atoms with van der Waals surface area (Å²) in [6.45, 7) is 2.69. The molecule has 0 radical (unpaired) electrons. The lowest BCUT2D eigenvalue weighted by Crippen LogP contribution is -2.24. The Kier molecular flexibility index (Phi) is 3.91. The molecule has 3 aromatic heterocycles. The fourth-order valence-electron chi connectivity index (χ4n) is 2.63. The SMILES string of the molecule is CC(c1nc2ccccc2s1)N(C)Cc1nc2ccsc2c(=O)[nH]1. The van der Waals surface area contributed by atoms with Crippen LogP contribution in [0.15, 0.2) is 40.5 Å².